The van der Waals surface area contributed by atoms with E-state index in [0.717, 1.165) is 27.7 Å². The van der Waals surface area contributed by atoms with E-state index < -0.39 is 5.54 Å². The van der Waals surface area contributed by atoms with Crippen molar-refractivity contribution in [1.29, 1.82) is 0 Å². The Labute approximate surface area is 138 Å². The number of fused-ring (bicyclic) bond motifs is 1. The number of hydrogen-bond acceptors (Lipinski definition) is 5. The van der Waals surface area contributed by atoms with Crippen molar-refractivity contribution in [3.63, 3.8) is 0 Å². The van der Waals surface area contributed by atoms with Gasteiger partial charge in [0.2, 0.25) is 5.91 Å². The molecule has 0 saturated heterocycles. The van der Waals surface area contributed by atoms with E-state index in [1.807, 2.05) is 31.2 Å². The molecule has 0 unspecified atom stereocenters. The van der Waals surface area contributed by atoms with Crippen molar-refractivity contribution in [1.82, 2.24) is 15.1 Å². The number of nitrogens with zero attached hydrogens (tertiary/aromatic N) is 3. The Kier molecular flexibility index (Phi) is 2.99. The van der Waals surface area contributed by atoms with Gasteiger partial charge >= 0.3 is 0 Å². The van der Waals surface area contributed by atoms with Crippen LogP contribution in [0.3, 0.4) is 0 Å². The second kappa shape index (κ2) is 4.95. The van der Waals surface area contributed by atoms with Crippen LogP contribution in [0.1, 0.15) is 18.9 Å². The van der Waals surface area contributed by atoms with Crippen molar-refractivity contribution in [2.24, 2.45) is 10.7 Å². The summed E-state index contributed by atoms with van der Waals surface area (Å²) in [6.45, 7) is 1.92. The lowest BCUT2D eigenvalue weighted by molar-refractivity contribution is -0.128. The SMILES string of the molecule is CN1C(=O)C[C@@](C)(c2ccc3[nH]nc(-c4ccoc4)c3c2)N=C1N. The molecule has 3 heterocycles. The Bertz CT molecular complexity index is 957. The number of aromatic amines is 1. The summed E-state index contributed by atoms with van der Waals surface area (Å²) in [6.07, 6.45) is 3.54. The van der Waals surface area contributed by atoms with Crippen LogP contribution in [0.15, 0.2) is 46.2 Å². The van der Waals surface area contributed by atoms with E-state index in [0.29, 0.717) is 0 Å². The predicted octanol–water partition coefficient (Wildman–Crippen LogP) is 2.21. The maximum absolute atomic E-state index is 12.2. The van der Waals surface area contributed by atoms with Gasteiger partial charge in [-0.15, -0.1) is 0 Å². The van der Waals surface area contributed by atoms with Crippen LogP contribution in [0.4, 0.5) is 0 Å². The molecule has 1 aromatic carbocycles. The van der Waals surface area contributed by atoms with Gasteiger partial charge in [-0.25, -0.2) is 4.99 Å². The van der Waals surface area contributed by atoms with Gasteiger partial charge < -0.3 is 10.2 Å². The van der Waals surface area contributed by atoms with Crippen LogP contribution in [0.2, 0.25) is 0 Å². The lowest BCUT2D eigenvalue weighted by atomic mass is 9.86. The summed E-state index contributed by atoms with van der Waals surface area (Å²) in [6, 6.07) is 7.77. The van der Waals surface area contributed by atoms with Crippen molar-refractivity contribution >= 4 is 22.8 Å². The quantitative estimate of drug-likeness (QED) is 0.755. The van der Waals surface area contributed by atoms with Crippen LogP contribution in [0, 0.1) is 0 Å². The maximum Gasteiger partial charge on any atom is 0.231 e. The summed E-state index contributed by atoms with van der Waals surface area (Å²) >= 11 is 0. The van der Waals surface area contributed by atoms with Gasteiger partial charge in [-0.1, -0.05) is 6.07 Å². The minimum Gasteiger partial charge on any atom is -0.472 e. The molecule has 0 bridgehead atoms. The highest BCUT2D eigenvalue weighted by Gasteiger charge is 2.36. The predicted molar refractivity (Wildman–Crippen MR) is 90.2 cm³/mol. The number of aromatic nitrogens is 2. The van der Waals surface area contributed by atoms with E-state index in [1.165, 1.54) is 4.90 Å². The highest BCUT2D eigenvalue weighted by atomic mass is 16.3. The second-order valence-corrected chi connectivity index (χ2v) is 6.22. The molecule has 0 fully saturated rings. The van der Waals surface area contributed by atoms with E-state index in [1.54, 1.807) is 19.6 Å². The fraction of sp³-hybridized carbons (Fsp3) is 0.235. The molecule has 1 amide bonds. The maximum atomic E-state index is 12.2. The van der Waals surface area contributed by atoms with Crippen LogP contribution >= 0.6 is 0 Å². The van der Waals surface area contributed by atoms with E-state index >= 15 is 0 Å². The van der Waals surface area contributed by atoms with Gasteiger partial charge in [0.05, 0.1) is 30.0 Å². The number of nitrogens with two attached hydrogens (primary N) is 1. The molecule has 7 heteroatoms. The van der Waals surface area contributed by atoms with Gasteiger partial charge in [0.1, 0.15) is 5.69 Å². The van der Waals surface area contributed by atoms with Crippen molar-refractivity contribution in [2.45, 2.75) is 18.9 Å². The Hall–Kier alpha value is -3.09. The highest BCUT2D eigenvalue weighted by molar-refractivity contribution is 5.99. The molecule has 4 rings (SSSR count). The van der Waals surface area contributed by atoms with E-state index in [9.17, 15) is 4.79 Å². The van der Waals surface area contributed by atoms with Gasteiger partial charge in [-0.05, 0) is 30.7 Å². The normalized spacial score (nSPS) is 21.3. The zero-order valence-electron chi connectivity index (χ0n) is 13.4. The van der Waals surface area contributed by atoms with E-state index in [2.05, 4.69) is 15.2 Å². The molecule has 0 saturated carbocycles. The molecule has 7 nitrogen and oxygen atoms in total. The van der Waals surface area contributed by atoms with Crippen molar-refractivity contribution < 1.29 is 9.21 Å². The first-order valence-corrected chi connectivity index (χ1v) is 7.61. The topological polar surface area (TPSA) is 101 Å². The molecule has 122 valence electrons. The Morgan fingerprint density at radius 2 is 2.21 bits per heavy atom. The van der Waals surface area contributed by atoms with Crippen molar-refractivity contribution in [3.8, 4) is 11.3 Å². The Morgan fingerprint density at radius 3 is 2.92 bits per heavy atom. The number of H-pyrrole nitrogens is 1. The van der Waals surface area contributed by atoms with E-state index in [-0.39, 0.29) is 18.3 Å². The summed E-state index contributed by atoms with van der Waals surface area (Å²) < 4.78 is 5.15. The zero-order chi connectivity index (χ0) is 16.9. The highest BCUT2D eigenvalue weighted by Crippen LogP contribution is 2.36. The van der Waals surface area contributed by atoms with E-state index in [4.69, 9.17) is 10.2 Å². The fourth-order valence-electron chi connectivity index (χ4n) is 3.04. The largest absolute Gasteiger partial charge is 0.472 e. The minimum atomic E-state index is -0.688. The number of carbonyl (C=O) groups is 1. The number of hydrogen-bond donors (Lipinski definition) is 2. The van der Waals surface area contributed by atoms with Crippen LogP contribution in [-0.2, 0) is 10.3 Å². The molecular weight excluding hydrogens is 306 g/mol. The lowest BCUT2D eigenvalue weighted by Gasteiger charge is -2.33. The number of amides is 1. The molecule has 1 aliphatic heterocycles. The smallest absolute Gasteiger partial charge is 0.231 e. The van der Waals surface area contributed by atoms with Crippen LogP contribution in [-0.4, -0.2) is 34.0 Å². The third-order valence-corrected chi connectivity index (χ3v) is 4.55. The van der Waals surface area contributed by atoms with Crippen molar-refractivity contribution in [3.05, 3.63) is 42.4 Å². The molecule has 3 aromatic rings. The first-order chi connectivity index (χ1) is 11.5. The Balaban J connectivity index is 1.86. The summed E-state index contributed by atoms with van der Waals surface area (Å²) in [4.78, 5) is 18.1. The van der Waals surface area contributed by atoms with Gasteiger partial charge in [0, 0.05) is 18.0 Å². The van der Waals surface area contributed by atoms with Gasteiger partial charge in [-0.3, -0.25) is 14.8 Å². The minimum absolute atomic E-state index is 0.0488. The molecule has 1 aliphatic rings. The van der Waals surface area contributed by atoms with Gasteiger partial charge in [-0.2, -0.15) is 5.10 Å². The molecule has 0 radical (unpaired) electrons. The lowest BCUT2D eigenvalue weighted by Crippen LogP contribution is -2.47. The number of nitrogens with one attached hydrogen (secondary N) is 1. The summed E-state index contributed by atoms with van der Waals surface area (Å²) in [5, 5.41) is 8.34. The Morgan fingerprint density at radius 1 is 1.38 bits per heavy atom. The first-order valence-electron chi connectivity index (χ1n) is 7.61. The first kappa shape index (κ1) is 14.5. The standard InChI is InChI=1S/C17H17N5O2/c1-17(8-14(23)22(2)16(18)19-17)11-3-4-13-12(7-11)15(21-20-13)10-5-6-24-9-10/h3-7,9H,8H2,1-2H3,(H2,18,19)(H,20,21)/t17-/m0/s1. The fourth-order valence-corrected chi connectivity index (χ4v) is 3.04. The number of carbonyl (C=O) groups excluding carboxylic acids is 1. The molecule has 0 spiro atoms. The number of guanidine groups is 1. The number of rotatable bonds is 2. The molecule has 1 atom stereocenters. The average Bonchev–Trinajstić information content (AvgIpc) is 3.20. The second-order valence-electron chi connectivity index (χ2n) is 6.22. The molecular formula is C17H17N5O2. The average molecular weight is 323 g/mol. The molecule has 0 aliphatic carbocycles. The van der Waals surface area contributed by atoms with Crippen LogP contribution < -0.4 is 5.73 Å². The third-order valence-electron chi connectivity index (χ3n) is 4.55. The number of aliphatic imine (C=N–C) groups is 1. The summed E-state index contributed by atoms with van der Waals surface area (Å²) in [7, 11) is 1.64. The number of benzene rings is 1. The van der Waals surface area contributed by atoms with Crippen molar-refractivity contribution in [2.75, 3.05) is 7.05 Å². The molecule has 24 heavy (non-hydrogen) atoms. The van der Waals surface area contributed by atoms with Crippen LogP contribution in [0.5, 0.6) is 0 Å². The third kappa shape index (κ3) is 2.09. The van der Waals surface area contributed by atoms with Gasteiger partial charge in [0.25, 0.3) is 0 Å². The molecule has 3 N–H and O–H groups in total. The molecule has 2 aromatic heterocycles. The zero-order valence-corrected chi connectivity index (χ0v) is 13.4. The van der Waals surface area contributed by atoms with Crippen LogP contribution in [0.25, 0.3) is 22.2 Å². The number of furan rings is 1. The van der Waals surface area contributed by atoms with Gasteiger partial charge in [0.15, 0.2) is 5.96 Å². The summed E-state index contributed by atoms with van der Waals surface area (Å²) in [5.41, 5.74) is 8.75. The summed E-state index contributed by atoms with van der Waals surface area (Å²) in [5.74, 6) is 0.184. The monoisotopic (exact) mass is 323 g/mol.